The number of carbonyl (C=O) groups is 1. The van der Waals surface area contributed by atoms with Crippen molar-refractivity contribution in [2.24, 2.45) is 17.8 Å². The molecule has 1 saturated heterocycles. The van der Waals surface area contributed by atoms with Gasteiger partial charge >= 0.3 is 0 Å². The van der Waals surface area contributed by atoms with E-state index < -0.39 is 0 Å². The van der Waals surface area contributed by atoms with Crippen molar-refractivity contribution in [2.75, 3.05) is 26.9 Å². The van der Waals surface area contributed by atoms with Crippen molar-refractivity contribution < 1.29 is 19.4 Å². The number of methoxy groups -OCH3 is 1. The van der Waals surface area contributed by atoms with E-state index in [9.17, 15) is 9.90 Å². The highest BCUT2D eigenvalue weighted by Crippen LogP contribution is 2.41. The van der Waals surface area contributed by atoms with Crippen LogP contribution in [0.15, 0.2) is 36.5 Å². The third kappa shape index (κ3) is 5.74. The lowest BCUT2D eigenvalue weighted by Gasteiger charge is -2.33. The number of benzene rings is 1. The normalized spacial score (nSPS) is 26.5. The number of carbonyl (C=O) groups excluding carboxylic acids is 1. The quantitative estimate of drug-likeness (QED) is 0.370. The van der Waals surface area contributed by atoms with E-state index in [1.54, 1.807) is 7.11 Å². The zero-order valence-corrected chi connectivity index (χ0v) is 23.9. The van der Waals surface area contributed by atoms with E-state index in [1.165, 1.54) is 22.4 Å². The second-order valence-electron chi connectivity index (χ2n) is 12.5. The maximum atomic E-state index is 12.7. The highest BCUT2D eigenvalue weighted by atomic mass is 16.5. The van der Waals surface area contributed by atoms with Crippen LogP contribution >= 0.6 is 0 Å². The summed E-state index contributed by atoms with van der Waals surface area (Å²) in [5.41, 5.74) is 6.00. The summed E-state index contributed by atoms with van der Waals surface area (Å²) in [5, 5.41) is 15.2. The van der Waals surface area contributed by atoms with E-state index in [0.717, 1.165) is 69.1 Å². The molecule has 2 saturated carbocycles. The minimum atomic E-state index is -0.189. The van der Waals surface area contributed by atoms with Gasteiger partial charge in [0.05, 0.1) is 36.9 Å². The minimum Gasteiger partial charge on any atom is -0.393 e. The van der Waals surface area contributed by atoms with Gasteiger partial charge in [0.15, 0.2) is 0 Å². The first-order valence-corrected chi connectivity index (χ1v) is 15.3. The van der Waals surface area contributed by atoms with Gasteiger partial charge < -0.3 is 14.6 Å². The maximum absolute atomic E-state index is 12.7. The van der Waals surface area contributed by atoms with Gasteiger partial charge in [-0.25, -0.2) is 9.50 Å². The number of hydrogen-bond acceptors (Lipinski definition) is 6. The third-order valence-corrected chi connectivity index (χ3v) is 9.53. The van der Waals surface area contributed by atoms with Crippen LogP contribution in [0.4, 0.5) is 0 Å². The molecule has 0 bridgehead atoms. The second kappa shape index (κ2) is 12.1. The Morgan fingerprint density at radius 1 is 1.05 bits per heavy atom. The van der Waals surface area contributed by atoms with E-state index in [2.05, 4.69) is 41.8 Å². The Labute approximate surface area is 237 Å². The Hall–Kier alpha value is -2.61. The molecule has 7 nitrogen and oxygen atoms in total. The average molecular weight is 546 g/mol. The number of hydrogen-bond donors (Lipinski definition) is 1. The van der Waals surface area contributed by atoms with Crippen LogP contribution in [0.5, 0.6) is 0 Å². The number of ether oxygens (including phenoxy) is 2. The molecular formula is C33H43N3O4. The molecule has 0 spiro atoms. The average Bonchev–Trinajstić information content (AvgIpc) is 3.32. The minimum absolute atomic E-state index is 0.139. The van der Waals surface area contributed by atoms with Crippen LogP contribution in [-0.4, -0.2) is 58.5 Å². The van der Waals surface area contributed by atoms with Crippen molar-refractivity contribution in [3.8, 4) is 11.1 Å². The van der Waals surface area contributed by atoms with Gasteiger partial charge in [-0.1, -0.05) is 31.2 Å². The summed E-state index contributed by atoms with van der Waals surface area (Å²) >= 11 is 0. The molecule has 2 aliphatic carbocycles. The Bertz CT molecular complexity index is 1320. The zero-order chi connectivity index (χ0) is 27.6. The van der Waals surface area contributed by atoms with Crippen LogP contribution < -0.4 is 0 Å². The Kier molecular flexibility index (Phi) is 8.33. The number of aliphatic hydroxyl groups excluding tert-OH is 1. The zero-order valence-electron chi connectivity index (χ0n) is 23.9. The van der Waals surface area contributed by atoms with Crippen LogP contribution in [0, 0.1) is 17.8 Å². The van der Waals surface area contributed by atoms with Crippen LogP contribution in [0.2, 0.25) is 0 Å². The van der Waals surface area contributed by atoms with E-state index in [0.29, 0.717) is 43.4 Å². The number of aromatic nitrogens is 3. The summed E-state index contributed by atoms with van der Waals surface area (Å²) in [6.07, 6.45) is 10.3. The molecule has 214 valence electrons. The van der Waals surface area contributed by atoms with Gasteiger partial charge in [-0.15, -0.1) is 0 Å². The molecule has 1 N–H and O–H groups in total. The van der Waals surface area contributed by atoms with Gasteiger partial charge in [0.2, 0.25) is 0 Å². The molecule has 1 aliphatic heterocycles. The molecule has 0 amide bonds. The number of Topliss-reactive ketones (excluding diaryl/α,β-unsaturated/α-hetero) is 1. The van der Waals surface area contributed by atoms with Crippen LogP contribution in [-0.2, 0) is 20.7 Å². The molecule has 3 aliphatic rings. The summed E-state index contributed by atoms with van der Waals surface area (Å²) < 4.78 is 12.7. The number of aliphatic hydroxyl groups is 1. The molecule has 3 aromatic rings. The van der Waals surface area contributed by atoms with E-state index in [-0.39, 0.29) is 17.9 Å². The summed E-state index contributed by atoms with van der Waals surface area (Å²) in [5.74, 6) is 2.82. The predicted octanol–water partition coefficient (Wildman–Crippen LogP) is 5.73. The number of nitrogens with zero attached hydrogens (tertiary/aromatic N) is 3. The van der Waals surface area contributed by atoms with Crippen LogP contribution in [0.3, 0.4) is 0 Å². The monoisotopic (exact) mass is 545 g/mol. The fraction of sp³-hybridized carbons (Fsp3) is 0.606. The van der Waals surface area contributed by atoms with Gasteiger partial charge in [-0.05, 0) is 80.4 Å². The number of ketones is 1. The Morgan fingerprint density at radius 2 is 1.80 bits per heavy atom. The first-order valence-electron chi connectivity index (χ1n) is 15.3. The first kappa shape index (κ1) is 27.6. The molecular weight excluding hydrogens is 502 g/mol. The summed E-state index contributed by atoms with van der Waals surface area (Å²) in [6, 6.07) is 11.3. The molecule has 7 heteroatoms. The fourth-order valence-electron chi connectivity index (χ4n) is 7.10. The van der Waals surface area contributed by atoms with Crippen LogP contribution in [0.25, 0.3) is 16.6 Å². The van der Waals surface area contributed by atoms with Gasteiger partial charge in [-0.3, -0.25) is 4.79 Å². The maximum Gasteiger partial charge on any atom is 0.149 e. The topological polar surface area (TPSA) is 86.0 Å². The summed E-state index contributed by atoms with van der Waals surface area (Å²) in [7, 11) is 1.73. The molecule has 1 aromatic carbocycles. The van der Waals surface area contributed by atoms with Crippen molar-refractivity contribution in [3.63, 3.8) is 0 Å². The molecule has 3 fully saturated rings. The summed E-state index contributed by atoms with van der Waals surface area (Å²) in [4.78, 5) is 17.5. The SMILES string of the molecule is COC[C@H](C)Cc1ncc2c(-c3cccc(C4CCC(C(=O)C5COC5)CC4)c3)cc([C@H]3CC[C@H](O)CC3)n2n1. The fourth-order valence-corrected chi connectivity index (χ4v) is 7.10. The van der Waals surface area contributed by atoms with Crippen molar-refractivity contribution in [1.82, 2.24) is 14.6 Å². The number of rotatable bonds is 9. The lowest BCUT2D eigenvalue weighted by molar-refractivity contribution is -0.141. The van der Waals surface area contributed by atoms with Gasteiger partial charge in [0.1, 0.15) is 11.6 Å². The lowest BCUT2D eigenvalue weighted by Crippen LogP contribution is -2.39. The largest absolute Gasteiger partial charge is 0.393 e. The van der Waals surface area contributed by atoms with Gasteiger partial charge in [-0.2, -0.15) is 5.10 Å². The Balaban J connectivity index is 1.27. The highest BCUT2D eigenvalue weighted by Gasteiger charge is 2.35. The van der Waals surface area contributed by atoms with Gasteiger partial charge in [0, 0.05) is 43.2 Å². The smallest absolute Gasteiger partial charge is 0.149 e. The van der Waals surface area contributed by atoms with Gasteiger partial charge in [0.25, 0.3) is 0 Å². The Morgan fingerprint density at radius 3 is 2.50 bits per heavy atom. The van der Waals surface area contributed by atoms with Crippen molar-refractivity contribution in [1.29, 1.82) is 0 Å². The molecule has 6 rings (SSSR count). The highest BCUT2D eigenvalue weighted by molar-refractivity contribution is 5.84. The molecule has 1 atom stereocenters. The summed E-state index contributed by atoms with van der Waals surface area (Å²) in [6.45, 7) is 4.09. The van der Waals surface area contributed by atoms with Crippen molar-refractivity contribution in [2.45, 2.75) is 82.7 Å². The molecule has 3 heterocycles. The number of fused-ring (bicyclic) bond motifs is 1. The van der Waals surface area contributed by atoms with Crippen LogP contribution in [0.1, 0.15) is 87.2 Å². The van der Waals surface area contributed by atoms with E-state index in [1.807, 2.05) is 6.20 Å². The standard InChI is InChI=1S/C33H43N3O4/c1-21(18-39-2)14-32-34-17-31-29(16-30(36(31)35-32)23-10-12-28(37)13-11-23)26-5-3-4-25(15-26)22-6-8-24(9-7-22)33(38)27-19-40-20-27/h3-5,15-17,21-24,27-28,37H,6-14,18-20H2,1-2H3/t21-,22?,23-,24?,28-/m1/s1. The van der Waals surface area contributed by atoms with Crippen molar-refractivity contribution in [3.05, 3.63) is 53.6 Å². The first-order chi connectivity index (χ1) is 19.5. The third-order valence-electron chi connectivity index (χ3n) is 9.53. The predicted molar refractivity (Wildman–Crippen MR) is 154 cm³/mol. The second-order valence-corrected chi connectivity index (χ2v) is 12.5. The lowest BCUT2D eigenvalue weighted by atomic mass is 9.74. The van der Waals surface area contributed by atoms with E-state index >= 15 is 0 Å². The van der Waals surface area contributed by atoms with E-state index in [4.69, 9.17) is 19.6 Å². The molecule has 40 heavy (non-hydrogen) atoms. The van der Waals surface area contributed by atoms with Crippen molar-refractivity contribution >= 4 is 11.3 Å². The molecule has 0 radical (unpaired) electrons. The molecule has 0 unspecified atom stereocenters. The molecule has 2 aromatic heterocycles.